The summed E-state index contributed by atoms with van der Waals surface area (Å²) in [5.41, 5.74) is 5.38. The molecule has 1 heterocycles. The zero-order chi connectivity index (χ0) is 10.4. The Morgan fingerprint density at radius 1 is 1.50 bits per heavy atom. The number of hydrogen-bond acceptors (Lipinski definition) is 5. The summed E-state index contributed by atoms with van der Waals surface area (Å²) in [6.45, 7) is 4.95. The van der Waals surface area contributed by atoms with Crippen molar-refractivity contribution in [3.05, 3.63) is 11.7 Å². The van der Waals surface area contributed by atoms with E-state index < -0.39 is 0 Å². The Hall–Kier alpha value is -0.550. The van der Waals surface area contributed by atoms with Crippen LogP contribution < -0.4 is 5.73 Å². The van der Waals surface area contributed by atoms with E-state index in [0.717, 1.165) is 17.3 Å². The monoisotopic (exact) mass is 215 g/mol. The van der Waals surface area contributed by atoms with Crippen LogP contribution in [0.15, 0.2) is 4.52 Å². The lowest BCUT2D eigenvalue weighted by molar-refractivity contribution is 0.376. The van der Waals surface area contributed by atoms with Gasteiger partial charge in [0, 0.05) is 13.0 Å². The average molecular weight is 215 g/mol. The summed E-state index contributed by atoms with van der Waals surface area (Å²) in [5, 5.41) is 3.87. The quantitative estimate of drug-likeness (QED) is 0.778. The third-order valence-corrected chi connectivity index (χ3v) is 2.92. The Morgan fingerprint density at radius 3 is 2.93 bits per heavy atom. The fourth-order valence-corrected chi connectivity index (χ4v) is 1.85. The van der Waals surface area contributed by atoms with Gasteiger partial charge in [-0.2, -0.15) is 16.7 Å². The summed E-state index contributed by atoms with van der Waals surface area (Å²) in [7, 11) is 0. The van der Waals surface area contributed by atoms with Crippen LogP contribution in [0.5, 0.6) is 0 Å². The third kappa shape index (κ3) is 4.11. The minimum atomic E-state index is 0.556. The molecule has 4 nitrogen and oxygen atoms in total. The summed E-state index contributed by atoms with van der Waals surface area (Å²) in [4.78, 5) is 4.22. The Labute approximate surface area is 88.6 Å². The van der Waals surface area contributed by atoms with Crippen LogP contribution in [-0.4, -0.2) is 22.4 Å². The van der Waals surface area contributed by atoms with E-state index in [1.807, 2.05) is 11.8 Å². The maximum absolute atomic E-state index is 5.38. The Balaban J connectivity index is 2.28. The third-order valence-electron chi connectivity index (χ3n) is 1.55. The Bertz CT molecular complexity index is 262. The van der Waals surface area contributed by atoms with Crippen LogP contribution in [0.3, 0.4) is 0 Å². The van der Waals surface area contributed by atoms with Crippen molar-refractivity contribution in [2.24, 2.45) is 11.7 Å². The molecule has 0 amide bonds. The largest absolute Gasteiger partial charge is 0.339 e. The fraction of sp³-hybridized carbons (Fsp3) is 0.778. The first-order chi connectivity index (χ1) is 6.72. The van der Waals surface area contributed by atoms with Crippen molar-refractivity contribution in [3.63, 3.8) is 0 Å². The van der Waals surface area contributed by atoms with E-state index in [1.165, 1.54) is 0 Å². The zero-order valence-electron chi connectivity index (χ0n) is 8.69. The van der Waals surface area contributed by atoms with Gasteiger partial charge in [0.1, 0.15) is 0 Å². The molecule has 0 aliphatic heterocycles. The molecule has 0 saturated heterocycles. The SMILES string of the molecule is CC(C)CSCc1noc(CCN)n1. The van der Waals surface area contributed by atoms with Gasteiger partial charge in [-0.1, -0.05) is 19.0 Å². The second kappa shape index (κ2) is 6.03. The van der Waals surface area contributed by atoms with Gasteiger partial charge in [0.15, 0.2) is 5.82 Å². The lowest BCUT2D eigenvalue weighted by Crippen LogP contribution is -2.02. The predicted octanol–water partition coefficient (Wildman–Crippen LogP) is 1.46. The van der Waals surface area contributed by atoms with Crippen LogP contribution in [0.4, 0.5) is 0 Å². The molecule has 0 spiro atoms. The molecule has 0 bridgehead atoms. The molecule has 80 valence electrons. The van der Waals surface area contributed by atoms with Crippen LogP contribution >= 0.6 is 11.8 Å². The average Bonchev–Trinajstić information content (AvgIpc) is 2.53. The molecular formula is C9H17N3OS. The molecule has 0 saturated carbocycles. The molecule has 0 fully saturated rings. The highest BCUT2D eigenvalue weighted by Gasteiger charge is 2.05. The van der Waals surface area contributed by atoms with E-state index in [2.05, 4.69) is 24.0 Å². The number of rotatable bonds is 6. The molecule has 2 N–H and O–H groups in total. The standard InChI is InChI=1S/C9H17N3OS/c1-7(2)5-14-6-8-11-9(3-4-10)13-12-8/h7H,3-6,10H2,1-2H3. The maximum Gasteiger partial charge on any atom is 0.227 e. The van der Waals surface area contributed by atoms with Crippen LogP contribution in [0, 0.1) is 5.92 Å². The number of aromatic nitrogens is 2. The lowest BCUT2D eigenvalue weighted by Gasteiger charge is -2.00. The van der Waals surface area contributed by atoms with Gasteiger partial charge in [0.05, 0.1) is 5.75 Å². The molecule has 0 unspecified atom stereocenters. The molecule has 0 radical (unpaired) electrons. The molecule has 14 heavy (non-hydrogen) atoms. The van der Waals surface area contributed by atoms with Crippen LogP contribution in [0.2, 0.25) is 0 Å². The molecule has 1 aromatic heterocycles. The highest BCUT2D eigenvalue weighted by Crippen LogP contribution is 2.13. The topological polar surface area (TPSA) is 64.9 Å². The van der Waals surface area contributed by atoms with Gasteiger partial charge < -0.3 is 10.3 Å². The van der Waals surface area contributed by atoms with Crippen molar-refractivity contribution in [3.8, 4) is 0 Å². The van der Waals surface area contributed by atoms with Gasteiger partial charge in [-0.15, -0.1) is 0 Å². The Kier molecular flexibility index (Phi) is 4.97. The molecule has 5 heteroatoms. The summed E-state index contributed by atoms with van der Waals surface area (Å²) in [6.07, 6.45) is 0.668. The van der Waals surface area contributed by atoms with Gasteiger partial charge in [0.2, 0.25) is 5.89 Å². The van der Waals surface area contributed by atoms with E-state index in [4.69, 9.17) is 10.3 Å². The van der Waals surface area contributed by atoms with Gasteiger partial charge in [0.25, 0.3) is 0 Å². The highest BCUT2D eigenvalue weighted by atomic mass is 32.2. The molecule has 0 atom stereocenters. The zero-order valence-corrected chi connectivity index (χ0v) is 9.51. The van der Waals surface area contributed by atoms with E-state index in [-0.39, 0.29) is 0 Å². The number of hydrogen-bond donors (Lipinski definition) is 1. The minimum Gasteiger partial charge on any atom is -0.339 e. The van der Waals surface area contributed by atoms with Crippen molar-refractivity contribution in [2.45, 2.75) is 26.0 Å². The molecule has 1 rings (SSSR count). The van der Waals surface area contributed by atoms with Gasteiger partial charge in [-0.3, -0.25) is 0 Å². The molecule has 0 aromatic carbocycles. The first kappa shape index (κ1) is 11.5. The predicted molar refractivity (Wildman–Crippen MR) is 58.1 cm³/mol. The summed E-state index contributed by atoms with van der Waals surface area (Å²) in [6, 6.07) is 0. The smallest absolute Gasteiger partial charge is 0.227 e. The van der Waals surface area contributed by atoms with Crippen molar-refractivity contribution < 1.29 is 4.52 Å². The molecule has 0 aliphatic carbocycles. The van der Waals surface area contributed by atoms with E-state index in [0.29, 0.717) is 24.8 Å². The normalized spacial score (nSPS) is 11.1. The van der Waals surface area contributed by atoms with E-state index in [1.54, 1.807) is 0 Å². The highest BCUT2D eigenvalue weighted by molar-refractivity contribution is 7.98. The minimum absolute atomic E-state index is 0.556. The van der Waals surface area contributed by atoms with Gasteiger partial charge in [-0.25, -0.2) is 0 Å². The van der Waals surface area contributed by atoms with Crippen molar-refractivity contribution in [1.82, 2.24) is 10.1 Å². The second-order valence-electron chi connectivity index (χ2n) is 3.55. The summed E-state index contributed by atoms with van der Waals surface area (Å²) >= 11 is 1.83. The number of nitrogens with two attached hydrogens (primary N) is 1. The maximum atomic E-state index is 5.38. The Morgan fingerprint density at radius 2 is 2.29 bits per heavy atom. The van der Waals surface area contributed by atoms with Crippen LogP contribution in [-0.2, 0) is 12.2 Å². The first-order valence-electron chi connectivity index (χ1n) is 4.81. The van der Waals surface area contributed by atoms with Crippen molar-refractivity contribution in [1.29, 1.82) is 0 Å². The van der Waals surface area contributed by atoms with Gasteiger partial charge in [-0.05, 0) is 11.7 Å². The molecular weight excluding hydrogens is 198 g/mol. The summed E-state index contributed by atoms with van der Waals surface area (Å²) < 4.78 is 5.01. The molecule has 0 aliphatic rings. The second-order valence-corrected chi connectivity index (χ2v) is 4.58. The lowest BCUT2D eigenvalue weighted by atomic mass is 10.3. The van der Waals surface area contributed by atoms with Gasteiger partial charge >= 0.3 is 0 Å². The van der Waals surface area contributed by atoms with Crippen LogP contribution in [0.25, 0.3) is 0 Å². The fourth-order valence-electron chi connectivity index (χ4n) is 0.960. The van der Waals surface area contributed by atoms with Crippen molar-refractivity contribution >= 4 is 11.8 Å². The summed E-state index contributed by atoms with van der Waals surface area (Å²) in [5.74, 6) is 4.08. The van der Waals surface area contributed by atoms with E-state index >= 15 is 0 Å². The first-order valence-corrected chi connectivity index (χ1v) is 5.97. The number of nitrogens with zero attached hydrogens (tertiary/aromatic N) is 2. The molecule has 1 aromatic rings. The van der Waals surface area contributed by atoms with Crippen molar-refractivity contribution in [2.75, 3.05) is 12.3 Å². The number of thioether (sulfide) groups is 1. The van der Waals surface area contributed by atoms with Crippen LogP contribution in [0.1, 0.15) is 25.6 Å². The van der Waals surface area contributed by atoms with E-state index in [9.17, 15) is 0 Å².